The Morgan fingerprint density at radius 1 is 0.617 bits per heavy atom. The lowest BCUT2D eigenvalue weighted by atomic mass is 10.0. The molecule has 4 saturated heterocycles. The number of aliphatic hydroxyl groups excluding tert-OH is 5. The zero-order chi connectivity index (χ0) is 60.2. The molecule has 4 fully saturated rings. The molecule has 0 spiro atoms. The number of carboxylic acid groups (broad SMARTS) is 2. The van der Waals surface area contributed by atoms with Gasteiger partial charge in [-0.25, -0.2) is 14.4 Å². The van der Waals surface area contributed by atoms with Crippen molar-refractivity contribution in [3.05, 3.63) is 0 Å². The van der Waals surface area contributed by atoms with Gasteiger partial charge in [-0.2, -0.15) is 0 Å². The summed E-state index contributed by atoms with van der Waals surface area (Å²) in [5.41, 5.74) is 10.9. The minimum atomic E-state index is -2.76. The number of carboxylic acids is 2. The van der Waals surface area contributed by atoms with Crippen molar-refractivity contribution in [1.82, 2.24) is 41.3 Å². The second-order valence-corrected chi connectivity index (χ2v) is 21.5. The summed E-state index contributed by atoms with van der Waals surface area (Å²) in [6.45, 7) is 3.59. The van der Waals surface area contributed by atoms with E-state index in [1.54, 1.807) is 0 Å². The minimum Gasteiger partial charge on any atom is -0.479 e. The number of carbonyl (C=O) groups is 11. The number of aliphatic hydroxyl groups is 5. The molecule has 0 saturated carbocycles. The first-order valence-corrected chi connectivity index (χ1v) is 27.8. The van der Waals surface area contributed by atoms with Crippen molar-refractivity contribution < 1.29 is 93.2 Å². The highest BCUT2D eigenvalue weighted by Gasteiger charge is 2.48. The van der Waals surface area contributed by atoms with Gasteiger partial charge >= 0.3 is 17.9 Å². The zero-order valence-corrected chi connectivity index (χ0v) is 46.1. The average Bonchev–Trinajstić information content (AvgIpc) is 4.22. The van der Waals surface area contributed by atoms with E-state index in [2.05, 4.69) is 34.8 Å². The number of nitrogens with zero attached hydrogens (tertiary/aromatic N) is 4. The van der Waals surface area contributed by atoms with Crippen molar-refractivity contribution in [3.8, 4) is 0 Å². The van der Waals surface area contributed by atoms with Gasteiger partial charge in [0.05, 0.1) is 25.2 Å². The van der Waals surface area contributed by atoms with Crippen LogP contribution in [0.1, 0.15) is 130 Å². The van der Waals surface area contributed by atoms with Gasteiger partial charge in [0.15, 0.2) is 24.2 Å². The van der Waals surface area contributed by atoms with Crippen molar-refractivity contribution in [3.63, 3.8) is 0 Å². The van der Waals surface area contributed by atoms with Crippen molar-refractivity contribution >= 4 is 71.1 Å². The van der Waals surface area contributed by atoms with E-state index in [1.165, 1.54) is 11.8 Å². The third-order valence-electron chi connectivity index (χ3n) is 14.8. The maximum atomic E-state index is 14.5. The Balaban J connectivity index is 1.77. The fraction of sp³-hybridized carbons (Fsp3) is 0.765. The van der Waals surface area contributed by atoms with Crippen molar-refractivity contribution in [2.45, 2.75) is 209 Å². The number of amides is 8. The summed E-state index contributed by atoms with van der Waals surface area (Å²) in [6.07, 6.45) is -4.32. The molecule has 30 nitrogen and oxygen atoms in total. The molecule has 5 unspecified atom stereocenters. The van der Waals surface area contributed by atoms with Crippen LogP contribution in [0.25, 0.3) is 0 Å². The number of cyclic esters (lactones) is 1. The highest BCUT2D eigenvalue weighted by atomic mass is 16.5. The number of guanidine groups is 1. The predicted molar refractivity (Wildman–Crippen MR) is 282 cm³/mol. The summed E-state index contributed by atoms with van der Waals surface area (Å²) in [4.78, 5) is 158. The van der Waals surface area contributed by atoms with Crippen molar-refractivity contribution in [2.75, 3.05) is 32.8 Å². The van der Waals surface area contributed by atoms with Gasteiger partial charge in [-0.15, -0.1) is 0 Å². The zero-order valence-electron chi connectivity index (χ0n) is 46.1. The smallest absolute Gasteiger partial charge is 0.335 e. The molecule has 30 heteroatoms. The first kappa shape index (κ1) is 66.7. The highest BCUT2D eigenvalue weighted by molar-refractivity contribution is 6.00. The maximum absolute atomic E-state index is 14.5. The van der Waals surface area contributed by atoms with E-state index >= 15 is 0 Å². The van der Waals surface area contributed by atoms with E-state index < -0.39 is 164 Å². The van der Waals surface area contributed by atoms with Gasteiger partial charge in [-0.1, -0.05) is 58.8 Å². The standard InChI is InChI=1S/C51H83N11O19/c1-26(2)14-9-7-5-4-6-8-10-15-28-24-34(66)57-35(27(3)64)47(75)61-22-13-18-32(61)46(74)60-21-12-17-31(60)42(70)55-29(16-11-20-54-51(52)53)41(69)58-36(39(67)48(76)77)43(71)56-30(25-63)45(73)62-23-19-33(65)38(62)44(72)59-37(50(80)81-28)40(68)49(78)79/h26-33,35-40,63-65,67-68H,4-25H2,1-3H3,(H,55,70)(H,56,71)(H,57,66)(H,58,69)(H,59,72)(H,76,77)(H,78,79)(H4,52,53,54)/t27?,28?,29-,30-,31-,32-,33?,35-,36-,37-,38-,39?,40?/m0/s1. The molecule has 0 aromatic carbocycles. The highest BCUT2D eigenvalue weighted by Crippen LogP contribution is 2.27. The van der Waals surface area contributed by atoms with Crippen LogP contribution in [0, 0.1) is 5.92 Å². The largest absolute Gasteiger partial charge is 0.479 e. The van der Waals surface area contributed by atoms with E-state index in [-0.39, 0.29) is 77.0 Å². The molecular formula is C51H83N11O19. The first-order chi connectivity index (χ1) is 38.3. The van der Waals surface area contributed by atoms with Crippen LogP contribution in [0.5, 0.6) is 0 Å². The predicted octanol–water partition coefficient (Wildman–Crippen LogP) is -4.85. The number of carbonyl (C=O) groups excluding carboxylic acids is 9. The molecule has 0 aliphatic carbocycles. The third-order valence-corrected chi connectivity index (χ3v) is 14.8. The van der Waals surface area contributed by atoms with Crippen LogP contribution < -0.4 is 38.1 Å². The molecule has 4 aliphatic heterocycles. The molecule has 4 aliphatic rings. The van der Waals surface area contributed by atoms with Crippen LogP contribution >= 0.6 is 0 Å². The molecule has 4 heterocycles. The molecule has 81 heavy (non-hydrogen) atoms. The Bertz CT molecular complexity index is 2270. The average molecular weight is 1150 g/mol. The summed E-state index contributed by atoms with van der Waals surface area (Å²) in [6, 6.07) is -14.9. The first-order valence-electron chi connectivity index (χ1n) is 27.8. The number of hydrogen-bond donors (Lipinski definition) is 14. The lowest BCUT2D eigenvalue weighted by molar-refractivity contribution is -0.165. The Morgan fingerprint density at radius 3 is 1.78 bits per heavy atom. The summed E-state index contributed by atoms with van der Waals surface area (Å²) in [5, 5.41) is 84.8. The topological polar surface area (TPSA) is 473 Å². The van der Waals surface area contributed by atoms with Crippen LogP contribution in [0.2, 0.25) is 0 Å². The quantitative estimate of drug-likeness (QED) is 0.0235. The fourth-order valence-electron chi connectivity index (χ4n) is 10.4. The van der Waals surface area contributed by atoms with Crippen molar-refractivity contribution in [2.24, 2.45) is 22.4 Å². The lowest BCUT2D eigenvalue weighted by Gasteiger charge is -2.34. The van der Waals surface area contributed by atoms with Gasteiger partial charge in [0.2, 0.25) is 47.3 Å². The normalized spacial score (nSPS) is 28.2. The third kappa shape index (κ3) is 19.2. The van der Waals surface area contributed by atoms with Gasteiger partial charge in [-0.05, 0) is 70.6 Å². The van der Waals surface area contributed by atoms with Gasteiger partial charge < -0.3 is 93.2 Å². The molecular weight excluding hydrogens is 1070 g/mol. The van der Waals surface area contributed by atoms with E-state index in [0.717, 1.165) is 43.4 Å². The van der Waals surface area contributed by atoms with Crippen LogP contribution in [0.15, 0.2) is 4.99 Å². The van der Waals surface area contributed by atoms with Crippen LogP contribution in [-0.4, -0.2) is 233 Å². The molecule has 0 aromatic heterocycles. The molecule has 13 atom stereocenters. The van der Waals surface area contributed by atoms with Crippen LogP contribution in [0.3, 0.4) is 0 Å². The monoisotopic (exact) mass is 1150 g/mol. The van der Waals surface area contributed by atoms with E-state index in [4.69, 9.17) is 16.2 Å². The van der Waals surface area contributed by atoms with E-state index in [1.807, 2.05) is 10.6 Å². The Labute approximate surface area is 468 Å². The molecule has 456 valence electrons. The number of aliphatic imine (C=N–C) groups is 1. The Kier molecular flexibility index (Phi) is 26.4. The van der Waals surface area contributed by atoms with E-state index in [0.29, 0.717) is 23.7 Å². The Morgan fingerprint density at radius 2 is 1.19 bits per heavy atom. The number of nitrogens with two attached hydrogens (primary N) is 2. The number of fused-ring (bicyclic) bond motifs is 3. The van der Waals surface area contributed by atoms with Crippen LogP contribution in [0.4, 0.5) is 0 Å². The van der Waals surface area contributed by atoms with Gasteiger partial charge in [-0.3, -0.25) is 43.3 Å². The molecule has 0 radical (unpaired) electrons. The minimum absolute atomic E-state index is 0.00867. The number of nitrogens with one attached hydrogen (secondary N) is 5. The van der Waals surface area contributed by atoms with Gasteiger partial charge in [0.1, 0.15) is 48.4 Å². The summed E-state index contributed by atoms with van der Waals surface area (Å²) in [7, 11) is 0. The van der Waals surface area contributed by atoms with E-state index in [9.17, 15) is 88.5 Å². The number of esters is 1. The number of hydrogen-bond acceptors (Lipinski definition) is 18. The number of ether oxygens (including phenoxy) is 1. The molecule has 8 amide bonds. The molecule has 0 bridgehead atoms. The number of aliphatic carboxylic acids is 2. The van der Waals surface area contributed by atoms with Gasteiger partial charge in [0.25, 0.3) is 0 Å². The van der Waals surface area contributed by atoms with Crippen molar-refractivity contribution in [1.29, 1.82) is 0 Å². The summed E-state index contributed by atoms with van der Waals surface area (Å²) >= 11 is 0. The summed E-state index contributed by atoms with van der Waals surface area (Å²) < 4.78 is 5.66. The molecule has 4 rings (SSSR count). The van der Waals surface area contributed by atoms with Gasteiger partial charge in [0, 0.05) is 26.2 Å². The Hall–Kier alpha value is -6.76. The number of rotatable bonds is 20. The molecule has 0 aromatic rings. The number of unbranched alkanes of at least 4 members (excludes halogenated alkanes) is 6. The fourth-order valence-corrected chi connectivity index (χ4v) is 10.4. The SMILES string of the molecule is CC(C)CCCCCCCCCC1CC(=O)N[C@@H](C(C)O)C(=O)N2CCC[C@H]2C(=O)N2CCC[C@H]2C(=O)N[C@@H](CCCN=C(N)N)C(=O)N[C@@H](C(O)C(=O)O)C(=O)N[C@@H](CO)C(=O)N2CCC(O)[C@H]2C(=O)N[C@@H](C(O)C(=O)O)C(=O)O1. The second-order valence-electron chi connectivity index (χ2n) is 21.5. The molecule has 16 N–H and O–H groups in total. The summed E-state index contributed by atoms with van der Waals surface area (Å²) in [5.74, 6) is -14.5. The van der Waals surface area contributed by atoms with Crippen LogP contribution in [-0.2, 0) is 57.5 Å². The lowest BCUT2D eigenvalue weighted by Crippen LogP contribution is -2.64. The second kappa shape index (κ2) is 32.0. The maximum Gasteiger partial charge on any atom is 0.335 e.